The van der Waals surface area contributed by atoms with Gasteiger partial charge in [-0.25, -0.2) is 4.98 Å². The molecule has 2 N–H and O–H groups in total. The quantitative estimate of drug-likeness (QED) is 0.867. The van der Waals surface area contributed by atoms with Crippen molar-refractivity contribution >= 4 is 16.9 Å². The van der Waals surface area contributed by atoms with Crippen LogP contribution in [0, 0.1) is 0 Å². The molecule has 2 unspecified atom stereocenters. The van der Waals surface area contributed by atoms with Gasteiger partial charge in [0.05, 0.1) is 17.1 Å². The number of aryl methyl sites for hydroxylation is 1. The van der Waals surface area contributed by atoms with Crippen LogP contribution in [0.1, 0.15) is 25.2 Å². The fraction of sp³-hybridized carbons (Fsp3) is 0.429. The Balaban J connectivity index is 1.83. The Morgan fingerprint density at radius 3 is 2.95 bits per heavy atom. The summed E-state index contributed by atoms with van der Waals surface area (Å²) < 4.78 is 2.11. The Bertz CT molecular complexity index is 619. The maximum atomic E-state index is 11.2. The molecule has 1 aromatic heterocycles. The molecule has 1 saturated heterocycles. The van der Waals surface area contributed by atoms with Crippen molar-refractivity contribution in [1.82, 2.24) is 20.2 Å². The van der Waals surface area contributed by atoms with Crippen molar-refractivity contribution in [3.8, 4) is 0 Å². The van der Waals surface area contributed by atoms with Crippen LogP contribution >= 0.6 is 0 Å². The fourth-order valence-electron chi connectivity index (χ4n) is 2.70. The van der Waals surface area contributed by atoms with Crippen LogP contribution in [0.3, 0.4) is 0 Å². The number of rotatable bonds is 3. The van der Waals surface area contributed by atoms with Crippen molar-refractivity contribution in [1.29, 1.82) is 0 Å². The van der Waals surface area contributed by atoms with Gasteiger partial charge in [-0.1, -0.05) is 12.1 Å². The number of fused-ring (bicyclic) bond motifs is 1. The van der Waals surface area contributed by atoms with Crippen LogP contribution in [-0.4, -0.2) is 28.0 Å². The third-order valence-corrected chi connectivity index (χ3v) is 3.67. The summed E-state index contributed by atoms with van der Waals surface area (Å²) in [5.74, 6) is 1.12. The van der Waals surface area contributed by atoms with Gasteiger partial charge in [-0.05, 0) is 19.1 Å². The highest BCUT2D eigenvalue weighted by Crippen LogP contribution is 2.20. The number of aromatic nitrogens is 2. The minimum Gasteiger partial charge on any atom is -0.354 e. The van der Waals surface area contributed by atoms with E-state index in [1.807, 2.05) is 25.2 Å². The van der Waals surface area contributed by atoms with Crippen LogP contribution in [-0.2, 0) is 11.8 Å². The van der Waals surface area contributed by atoms with Crippen molar-refractivity contribution in [3.63, 3.8) is 0 Å². The first-order valence-corrected chi connectivity index (χ1v) is 6.59. The van der Waals surface area contributed by atoms with Gasteiger partial charge < -0.3 is 15.2 Å². The first kappa shape index (κ1) is 12.2. The van der Waals surface area contributed by atoms with E-state index in [1.165, 1.54) is 0 Å². The predicted molar refractivity (Wildman–Crippen MR) is 73.7 cm³/mol. The molecule has 1 aliphatic heterocycles. The number of hydrogen-bond donors (Lipinski definition) is 2. The molecule has 0 bridgehead atoms. The maximum absolute atomic E-state index is 11.2. The number of carbonyl (C=O) groups is 1. The number of nitrogens with one attached hydrogen (secondary N) is 2. The normalized spacial score (nSPS) is 20.7. The van der Waals surface area contributed by atoms with E-state index in [1.54, 1.807) is 0 Å². The summed E-state index contributed by atoms with van der Waals surface area (Å²) in [5, 5.41) is 6.30. The molecule has 2 atom stereocenters. The Morgan fingerprint density at radius 1 is 1.47 bits per heavy atom. The van der Waals surface area contributed by atoms with Crippen molar-refractivity contribution in [3.05, 3.63) is 30.1 Å². The highest BCUT2D eigenvalue weighted by atomic mass is 16.1. The molecule has 1 fully saturated rings. The van der Waals surface area contributed by atoms with E-state index in [9.17, 15) is 4.79 Å². The predicted octanol–water partition coefficient (Wildman–Crippen LogP) is 1.11. The van der Waals surface area contributed by atoms with Gasteiger partial charge in [0, 0.05) is 26.1 Å². The third-order valence-electron chi connectivity index (χ3n) is 3.67. The summed E-state index contributed by atoms with van der Waals surface area (Å²) in [6.45, 7) is 2.79. The first-order valence-electron chi connectivity index (χ1n) is 6.59. The molecular formula is C14H18N4O. The van der Waals surface area contributed by atoms with Gasteiger partial charge in [0.1, 0.15) is 5.82 Å². The molecule has 2 heterocycles. The summed E-state index contributed by atoms with van der Waals surface area (Å²) in [5.41, 5.74) is 2.14. The van der Waals surface area contributed by atoms with Crippen LogP contribution in [0.15, 0.2) is 24.3 Å². The fourth-order valence-corrected chi connectivity index (χ4v) is 2.70. The molecular weight excluding hydrogens is 240 g/mol. The molecule has 3 rings (SSSR count). The van der Waals surface area contributed by atoms with Crippen LogP contribution in [0.25, 0.3) is 11.0 Å². The molecule has 0 aliphatic carbocycles. The molecule has 0 saturated carbocycles. The molecule has 5 nitrogen and oxygen atoms in total. The molecule has 0 radical (unpaired) electrons. The summed E-state index contributed by atoms with van der Waals surface area (Å²) in [6.07, 6.45) is 0.550. The van der Waals surface area contributed by atoms with Gasteiger partial charge in [-0.3, -0.25) is 4.79 Å². The number of carbonyl (C=O) groups excluding carboxylic acids is 1. The van der Waals surface area contributed by atoms with E-state index in [0.717, 1.165) is 16.9 Å². The lowest BCUT2D eigenvalue weighted by Gasteiger charge is -2.17. The Morgan fingerprint density at radius 2 is 2.26 bits per heavy atom. The number of amides is 1. The molecule has 1 aromatic carbocycles. The van der Waals surface area contributed by atoms with Gasteiger partial charge in [0.15, 0.2) is 0 Å². The second-order valence-electron chi connectivity index (χ2n) is 5.11. The topological polar surface area (TPSA) is 58.9 Å². The smallest absolute Gasteiger partial charge is 0.221 e. The van der Waals surface area contributed by atoms with Crippen molar-refractivity contribution in [2.24, 2.45) is 7.05 Å². The van der Waals surface area contributed by atoms with Gasteiger partial charge in [0.2, 0.25) is 5.91 Å². The molecule has 5 heteroatoms. The SMILES string of the molecule is CC(NC1CNC(=O)C1)c1nc2ccccc2n1C. The Hall–Kier alpha value is -1.88. The highest BCUT2D eigenvalue weighted by molar-refractivity contribution is 5.79. The molecule has 100 valence electrons. The lowest BCUT2D eigenvalue weighted by atomic mass is 10.2. The first-order chi connectivity index (χ1) is 9.15. The zero-order chi connectivity index (χ0) is 13.4. The largest absolute Gasteiger partial charge is 0.354 e. The van der Waals surface area contributed by atoms with Crippen molar-refractivity contribution in [2.75, 3.05) is 6.54 Å². The van der Waals surface area contributed by atoms with E-state index >= 15 is 0 Å². The van der Waals surface area contributed by atoms with Crippen LogP contribution in [0.2, 0.25) is 0 Å². The lowest BCUT2D eigenvalue weighted by molar-refractivity contribution is -0.119. The van der Waals surface area contributed by atoms with Gasteiger partial charge in [0.25, 0.3) is 0 Å². The van der Waals surface area contributed by atoms with Gasteiger partial charge in [-0.15, -0.1) is 0 Å². The van der Waals surface area contributed by atoms with E-state index in [4.69, 9.17) is 0 Å². The summed E-state index contributed by atoms with van der Waals surface area (Å²) in [4.78, 5) is 15.9. The van der Waals surface area contributed by atoms with Gasteiger partial charge in [-0.2, -0.15) is 0 Å². The summed E-state index contributed by atoms with van der Waals surface area (Å²) in [7, 11) is 2.03. The zero-order valence-corrected chi connectivity index (χ0v) is 11.2. The van der Waals surface area contributed by atoms with E-state index in [2.05, 4.69) is 33.2 Å². The monoisotopic (exact) mass is 258 g/mol. The van der Waals surface area contributed by atoms with Crippen LogP contribution in [0.4, 0.5) is 0 Å². The number of nitrogens with zero attached hydrogens (tertiary/aromatic N) is 2. The third kappa shape index (κ3) is 2.21. The van der Waals surface area contributed by atoms with Crippen molar-refractivity contribution in [2.45, 2.75) is 25.4 Å². The van der Waals surface area contributed by atoms with E-state index < -0.39 is 0 Å². The summed E-state index contributed by atoms with van der Waals surface area (Å²) >= 11 is 0. The molecule has 2 aromatic rings. The highest BCUT2D eigenvalue weighted by Gasteiger charge is 2.24. The van der Waals surface area contributed by atoms with Crippen molar-refractivity contribution < 1.29 is 4.79 Å². The number of hydrogen-bond acceptors (Lipinski definition) is 3. The molecule has 0 spiro atoms. The summed E-state index contributed by atoms with van der Waals surface area (Å²) in [6, 6.07) is 8.42. The number of para-hydroxylation sites is 2. The van der Waals surface area contributed by atoms with Crippen LogP contribution in [0.5, 0.6) is 0 Å². The molecule has 1 amide bonds. The standard InChI is InChI=1S/C14H18N4O/c1-9(16-10-7-13(19)15-8-10)14-17-11-5-3-4-6-12(11)18(14)2/h3-6,9-10,16H,7-8H2,1-2H3,(H,15,19). The Kier molecular flexibility index (Phi) is 2.98. The van der Waals surface area contributed by atoms with Crippen LogP contribution < -0.4 is 10.6 Å². The average Bonchev–Trinajstić information content (AvgIpc) is 2.94. The zero-order valence-electron chi connectivity index (χ0n) is 11.2. The van der Waals surface area contributed by atoms with E-state index in [0.29, 0.717) is 13.0 Å². The van der Waals surface area contributed by atoms with Gasteiger partial charge >= 0.3 is 0 Å². The minimum atomic E-state index is 0.120. The Labute approximate surface area is 112 Å². The minimum absolute atomic E-state index is 0.120. The maximum Gasteiger partial charge on any atom is 0.221 e. The van der Waals surface area contributed by atoms with E-state index in [-0.39, 0.29) is 18.0 Å². The second-order valence-corrected chi connectivity index (χ2v) is 5.11. The molecule has 19 heavy (non-hydrogen) atoms. The lowest BCUT2D eigenvalue weighted by Crippen LogP contribution is -2.34. The number of benzene rings is 1. The average molecular weight is 258 g/mol. The molecule has 1 aliphatic rings. The second kappa shape index (κ2) is 4.66. The number of imidazole rings is 1.